The first-order chi connectivity index (χ1) is 8.07. The molecule has 0 spiro atoms. The van der Waals surface area contributed by atoms with Gasteiger partial charge >= 0.3 is 0 Å². The molecule has 1 aromatic carbocycles. The zero-order chi connectivity index (χ0) is 14.1. The van der Waals surface area contributed by atoms with Gasteiger partial charge in [0, 0.05) is 5.88 Å². The lowest BCUT2D eigenvalue weighted by molar-refractivity contribution is 0.278. The van der Waals surface area contributed by atoms with Crippen LogP contribution in [0.15, 0.2) is 12.1 Å². The van der Waals surface area contributed by atoms with Gasteiger partial charge in [-0.1, -0.05) is 40.7 Å². The number of rotatable bonds is 3. The van der Waals surface area contributed by atoms with Gasteiger partial charge in [-0.25, -0.2) is 0 Å². The third-order valence-electron chi connectivity index (χ3n) is 3.30. The minimum Gasteiger partial charge on any atom is -0.508 e. The fraction of sp³-hybridized carbons (Fsp3) is 0.625. The van der Waals surface area contributed by atoms with Gasteiger partial charge in [0.25, 0.3) is 0 Å². The predicted molar refractivity (Wildman–Crippen MR) is 79.5 cm³/mol. The molecule has 0 saturated heterocycles. The van der Waals surface area contributed by atoms with Crippen molar-refractivity contribution in [2.45, 2.75) is 59.3 Å². The van der Waals surface area contributed by atoms with Crippen LogP contribution in [0.5, 0.6) is 5.75 Å². The van der Waals surface area contributed by atoms with E-state index in [1.54, 1.807) is 0 Å². The maximum Gasteiger partial charge on any atom is 0.119 e. The summed E-state index contributed by atoms with van der Waals surface area (Å²) in [6.45, 7) is 13.0. The summed E-state index contributed by atoms with van der Waals surface area (Å²) in [6, 6.07) is 3.89. The Morgan fingerprint density at radius 3 is 2.11 bits per heavy atom. The highest BCUT2D eigenvalue weighted by Gasteiger charge is 2.29. The van der Waals surface area contributed by atoms with Crippen molar-refractivity contribution in [1.82, 2.24) is 0 Å². The van der Waals surface area contributed by atoms with Crippen LogP contribution >= 0.6 is 11.6 Å². The zero-order valence-electron chi connectivity index (χ0n) is 12.4. The van der Waals surface area contributed by atoms with Crippen LogP contribution in [-0.2, 0) is 11.3 Å². The Morgan fingerprint density at radius 2 is 1.67 bits per heavy atom. The van der Waals surface area contributed by atoms with Crippen molar-refractivity contribution < 1.29 is 5.11 Å². The fourth-order valence-electron chi connectivity index (χ4n) is 2.84. The smallest absolute Gasteiger partial charge is 0.119 e. The van der Waals surface area contributed by atoms with Crippen LogP contribution in [0, 0.1) is 12.3 Å². The van der Waals surface area contributed by atoms with Crippen LogP contribution in [0.3, 0.4) is 0 Å². The third-order valence-corrected chi connectivity index (χ3v) is 3.59. The van der Waals surface area contributed by atoms with E-state index in [2.05, 4.69) is 40.7 Å². The molecule has 0 saturated carbocycles. The number of phenolic OH excluding ortho intramolecular Hbond substituents is 1. The number of halogens is 1. The van der Waals surface area contributed by atoms with E-state index in [4.69, 9.17) is 11.6 Å². The standard InChI is InChI=1S/C16H25ClO/c1-11-7-14(18)13(8-12(11)9-17)16(5,6)10-15(2,3)4/h7-8,18H,9-10H2,1-6H3. The lowest BCUT2D eigenvalue weighted by atomic mass is 9.71. The first kappa shape index (κ1) is 15.4. The molecule has 0 aromatic heterocycles. The summed E-state index contributed by atoms with van der Waals surface area (Å²) in [7, 11) is 0. The van der Waals surface area contributed by atoms with Crippen LogP contribution in [0.4, 0.5) is 0 Å². The van der Waals surface area contributed by atoms with E-state index in [1.165, 1.54) is 0 Å². The molecule has 0 aliphatic carbocycles. The van der Waals surface area contributed by atoms with Gasteiger partial charge in [0.2, 0.25) is 0 Å². The average molecular weight is 269 g/mol. The minimum absolute atomic E-state index is 0.0587. The summed E-state index contributed by atoms with van der Waals surface area (Å²) in [5.41, 5.74) is 3.32. The first-order valence-corrected chi connectivity index (χ1v) is 6.99. The molecule has 1 nitrogen and oxygen atoms in total. The molecule has 18 heavy (non-hydrogen) atoms. The summed E-state index contributed by atoms with van der Waals surface area (Å²) >= 11 is 5.96. The van der Waals surface area contributed by atoms with Crippen molar-refractivity contribution in [3.8, 4) is 5.75 Å². The summed E-state index contributed by atoms with van der Waals surface area (Å²) in [6.07, 6.45) is 1.01. The molecule has 1 aromatic rings. The van der Waals surface area contributed by atoms with Gasteiger partial charge in [0.15, 0.2) is 0 Å². The van der Waals surface area contributed by atoms with Gasteiger partial charge in [-0.05, 0) is 46.9 Å². The van der Waals surface area contributed by atoms with Crippen LogP contribution in [-0.4, -0.2) is 5.11 Å². The lowest BCUT2D eigenvalue weighted by Crippen LogP contribution is -2.25. The summed E-state index contributed by atoms with van der Waals surface area (Å²) in [5.74, 6) is 0.876. The van der Waals surface area contributed by atoms with E-state index in [0.29, 0.717) is 11.6 Å². The average Bonchev–Trinajstić information content (AvgIpc) is 2.13. The van der Waals surface area contributed by atoms with Crippen LogP contribution in [0.25, 0.3) is 0 Å². The van der Waals surface area contributed by atoms with Gasteiger partial charge in [-0.15, -0.1) is 11.6 Å². The number of aryl methyl sites for hydroxylation is 1. The van der Waals surface area contributed by atoms with Gasteiger partial charge in [0.05, 0.1) is 0 Å². The molecule has 0 bridgehead atoms. The van der Waals surface area contributed by atoms with Crippen molar-refractivity contribution in [2.75, 3.05) is 0 Å². The minimum atomic E-state index is -0.0587. The van der Waals surface area contributed by atoms with Crippen LogP contribution in [0.2, 0.25) is 0 Å². The van der Waals surface area contributed by atoms with E-state index >= 15 is 0 Å². The Labute approximate surface area is 116 Å². The first-order valence-electron chi connectivity index (χ1n) is 6.46. The molecule has 0 aliphatic heterocycles. The van der Waals surface area contributed by atoms with Crippen molar-refractivity contribution in [3.63, 3.8) is 0 Å². The highest BCUT2D eigenvalue weighted by atomic mass is 35.5. The van der Waals surface area contributed by atoms with E-state index < -0.39 is 0 Å². The molecular formula is C16H25ClO. The van der Waals surface area contributed by atoms with Crippen LogP contribution in [0.1, 0.15) is 57.7 Å². The number of phenols is 1. The van der Waals surface area contributed by atoms with Gasteiger partial charge in [-0.2, -0.15) is 0 Å². The molecule has 1 rings (SSSR count). The van der Waals surface area contributed by atoms with Gasteiger partial charge in [-0.3, -0.25) is 0 Å². The van der Waals surface area contributed by atoms with E-state index in [0.717, 1.165) is 23.1 Å². The van der Waals surface area contributed by atoms with E-state index in [-0.39, 0.29) is 10.8 Å². The predicted octanol–water partition coefficient (Wildman–Crippen LogP) is 5.15. The Hall–Kier alpha value is -0.690. The Bertz CT molecular complexity index is 427. The van der Waals surface area contributed by atoms with E-state index in [1.807, 2.05) is 13.0 Å². The van der Waals surface area contributed by atoms with E-state index in [9.17, 15) is 5.11 Å². The van der Waals surface area contributed by atoms with Crippen LogP contribution < -0.4 is 0 Å². The molecule has 1 N–H and O–H groups in total. The third kappa shape index (κ3) is 3.65. The second-order valence-electron chi connectivity index (χ2n) is 7.05. The maximum absolute atomic E-state index is 10.2. The van der Waals surface area contributed by atoms with Crippen molar-refractivity contribution >= 4 is 11.6 Å². The molecule has 0 amide bonds. The second kappa shape index (κ2) is 5.13. The number of hydrogen-bond acceptors (Lipinski definition) is 1. The SMILES string of the molecule is Cc1cc(O)c(C(C)(C)CC(C)(C)C)cc1CCl. The summed E-state index contributed by atoms with van der Waals surface area (Å²) in [4.78, 5) is 0. The molecule has 0 unspecified atom stereocenters. The molecule has 102 valence electrons. The van der Waals surface area contributed by atoms with Crippen molar-refractivity contribution in [2.24, 2.45) is 5.41 Å². The zero-order valence-corrected chi connectivity index (χ0v) is 13.2. The summed E-state index contributed by atoms with van der Waals surface area (Å²) < 4.78 is 0. The number of alkyl halides is 1. The monoisotopic (exact) mass is 268 g/mol. The topological polar surface area (TPSA) is 20.2 Å². The van der Waals surface area contributed by atoms with Gasteiger partial charge < -0.3 is 5.11 Å². The Kier molecular flexibility index (Phi) is 4.38. The maximum atomic E-state index is 10.2. The Balaban J connectivity index is 3.23. The van der Waals surface area contributed by atoms with Crippen molar-refractivity contribution in [3.05, 3.63) is 28.8 Å². The molecule has 0 fully saturated rings. The fourth-order valence-corrected chi connectivity index (χ4v) is 3.13. The summed E-state index contributed by atoms with van der Waals surface area (Å²) in [5, 5.41) is 10.2. The highest BCUT2D eigenvalue weighted by Crippen LogP contribution is 2.41. The van der Waals surface area contributed by atoms with Gasteiger partial charge in [0.1, 0.15) is 5.75 Å². The molecule has 0 heterocycles. The molecular weight excluding hydrogens is 244 g/mol. The molecule has 0 aliphatic rings. The molecule has 2 heteroatoms. The normalized spacial score (nSPS) is 12.8. The number of benzene rings is 1. The Morgan fingerprint density at radius 1 is 1.11 bits per heavy atom. The molecule has 0 radical (unpaired) electrons. The largest absolute Gasteiger partial charge is 0.508 e. The number of hydrogen-bond donors (Lipinski definition) is 1. The van der Waals surface area contributed by atoms with Crippen molar-refractivity contribution in [1.29, 1.82) is 0 Å². The lowest BCUT2D eigenvalue weighted by Gasteiger charge is -2.33. The quantitative estimate of drug-likeness (QED) is 0.752. The number of aromatic hydroxyl groups is 1. The second-order valence-corrected chi connectivity index (χ2v) is 7.32. The molecule has 0 atom stereocenters. The highest BCUT2D eigenvalue weighted by molar-refractivity contribution is 6.17.